The SMILES string of the molecule is O=C(O)CC1(NC(=O)c2ccc(OCc3ccccc3)nc2)CCCC1. The van der Waals surface area contributed by atoms with Crippen molar-refractivity contribution in [3.8, 4) is 5.88 Å². The summed E-state index contributed by atoms with van der Waals surface area (Å²) in [5, 5.41) is 12.0. The number of pyridine rings is 1. The lowest BCUT2D eigenvalue weighted by atomic mass is 9.93. The van der Waals surface area contributed by atoms with Gasteiger partial charge >= 0.3 is 5.97 Å². The van der Waals surface area contributed by atoms with Crippen LogP contribution in [0.3, 0.4) is 0 Å². The van der Waals surface area contributed by atoms with E-state index in [2.05, 4.69) is 10.3 Å². The second kappa shape index (κ2) is 7.99. The number of benzene rings is 1. The minimum atomic E-state index is -0.894. The molecule has 2 aromatic rings. The number of rotatable bonds is 7. The normalized spacial score (nSPS) is 15.4. The molecule has 0 spiro atoms. The number of carbonyl (C=O) groups is 2. The van der Waals surface area contributed by atoms with E-state index in [1.807, 2.05) is 30.3 Å². The molecule has 0 saturated heterocycles. The van der Waals surface area contributed by atoms with Crippen LogP contribution < -0.4 is 10.1 Å². The van der Waals surface area contributed by atoms with Crippen molar-refractivity contribution in [2.45, 2.75) is 44.2 Å². The molecule has 1 aliphatic rings. The Balaban J connectivity index is 1.60. The summed E-state index contributed by atoms with van der Waals surface area (Å²) in [5.74, 6) is -0.753. The molecule has 0 radical (unpaired) electrons. The Morgan fingerprint density at radius 3 is 2.46 bits per heavy atom. The maximum Gasteiger partial charge on any atom is 0.305 e. The van der Waals surface area contributed by atoms with Crippen LogP contribution in [0.15, 0.2) is 48.7 Å². The summed E-state index contributed by atoms with van der Waals surface area (Å²) in [4.78, 5) is 27.8. The maximum atomic E-state index is 12.5. The summed E-state index contributed by atoms with van der Waals surface area (Å²) >= 11 is 0. The van der Waals surface area contributed by atoms with E-state index < -0.39 is 11.5 Å². The number of amides is 1. The van der Waals surface area contributed by atoms with E-state index in [9.17, 15) is 9.59 Å². The van der Waals surface area contributed by atoms with Gasteiger partial charge in [-0.2, -0.15) is 0 Å². The predicted molar refractivity (Wildman–Crippen MR) is 95.9 cm³/mol. The number of ether oxygens (including phenoxy) is 1. The van der Waals surface area contributed by atoms with E-state index in [1.165, 1.54) is 6.20 Å². The van der Waals surface area contributed by atoms with Crippen molar-refractivity contribution in [2.75, 3.05) is 0 Å². The van der Waals surface area contributed by atoms with Crippen LogP contribution >= 0.6 is 0 Å². The molecule has 0 bridgehead atoms. The number of carboxylic acids is 1. The van der Waals surface area contributed by atoms with Gasteiger partial charge in [0.2, 0.25) is 5.88 Å². The van der Waals surface area contributed by atoms with Crippen molar-refractivity contribution >= 4 is 11.9 Å². The van der Waals surface area contributed by atoms with E-state index in [-0.39, 0.29) is 12.3 Å². The number of carbonyl (C=O) groups excluding carboxylic acids is 1. The molecular weight excluding hydrogens is 332 g/mol. The molecule has 6 nitrogen and oxygen atoms in total. The Kier molecular flexibility index (Phi) is 5.51. The van der Waals surface area contributed by atoms with Gasteiger partial charge in [0.15, 0.2) is 0 Å². The second-order valence-corrected chi connectivity index (χ2v) is 6.67. The van der Waals surface area contributed by atoms with Gasteiger partial charge in [-0.25, -0.2) is 4.98 Å². The van der Waals surface area contributed by atoms with Gasteiger partial charge in [0.1, 0.15) is 6.61 Å². The fourth-order valence-electron chi connectivity index (χ4n) is 3.33. The Labute approximate surface area is 152 Å². The Bertz CT molecular complexity index is 753. The average molecular weight is 354 g/mol. The highest BCUT2D eigenvalue weighted by atomic mass is 16.5. The smallest absolute Gasteiger partial charge is 0.305 e. The van der Waals surface area contributed by atoms with Crippen molar-refractivity contribution in [2.24, 2.45) is 0 Å². The predicted octanol–water partition coefficient (Wildman–Crippen LogP) is 3.18. The first kappa shape index (κ1) is 17.9. The van der Waals surface area contributed by atoms with E-state index in [1.54, 1.807) is 12.1 Å². The van der Waals surface area contributed by atoms with E-state index in [0.29, 0.717) is 30.9 Å². The van der Waals surface area contributed by atoms with Crippen molar-refractivity contribution in [3.05, 3.63) is 59.8 Å². The van der Waals surface area contributed by atoms with Crippen LogP contribution in [0.4, 0.5) is 0 Å². The molecule has 0 unspecified atom stereocenters. The highest BCUT2D eigenvalue weighted by Gasteiger charge is 2.37. The zero-order valence-corrected chi connectivity index (χ0v) is 14.5. The van der Waals surface area contributed by atoms with Crippen LogP contribution in [0, 0.1) is 0 Å². The van der Waals surface area contributed by atoms with E-state index >= 15 is 0 Å². The Morgan fingerprint density at radius 2 is 1.85 bits per heavy atom. The van der Waals surface area contributed by atoms with Crippen molar-refractivity contribution in [3.63, 3.8) is 0 Å². The molecular formula is C20H22N2O4. The molecule has 3 rings (SSSR count). The van der Waals surface area contributed by atoms with Gasteiger partial charge in [-0.05, 0) is 24.5 Å². The molecule has 0 aliphatic heterocycles. The number of hydrogen-bond acceptors (Lipinski definition) is 4. The molecule has 1 heterocycles. The van der Waals surface area contributed by atoms with E-state index in [0.717, 1.165) is 18.4 Å². The molecule has 0 atom stereocenters. The van der Waals surface area contributed by atoms with Crippen LogP contribution in [0.2, 0.25) is 0 Å². The molecule has 2 N–H and O–H groups in total. The largest absolute Gasteiger partial charge is 0.481 e. The van der Waals surface area contributed by atoms with Gasteiger partial charge in [0, 0.05) is 12.3 Å². The highest BCUT2D eigenvalue weighted by Crippen LogP contribution is 2.33. The minimum absolute atomic E-state index is 0.0512. The number of aromatic nitrogens is 1. The average Bonchev–Trinajstić information content (AvgIpc) is 3.08. The molecule has 1 amide bonds. The quantitative estimate of drug-likeness (QED) is 0.797. The van der Waals surface area contributed by atoms with Crippen molar-refractivity contribution in [1.82, 2.24) is 10.3 Å². The summed E-state index contributed by atoms with van der Waals surface area (Å²) in [6, 6.07) is 13.0. The van der Waals surface area contributed by atoms with Crippen LogP contribution in [-0.4, -0.2) is 27.5 Å². The van der Waals surface area contributed by atoms with Gasteiger partial charge < -0.3 is 15.2 Å². The number of carboxylic acid groups (broad SMARTS) is 1. The van der Waals surface area contributed by atoms with Gasteiger partial charge in [0.05, 0.1) is 17.5 Å². The zero-order chi connectivity index (χ0) is 18.4. The Morgan fingerprint density at radius 1 is 1.12 bits per heavy atom. The standard InChI is InChI=1S/C20H22N2O4/c23-18(24)12-20(10-4-5-11-20)22-19(25)16-8-9-17(21-13-16)26-14-15-6-2-1-3-7-15/h1-3,6-9,13H,4-5,10-12,14H2,(H,22,25)(H,23,24). The van der Waals surface area contributed by atoms with Crippen LogP contribution in [0.1, 0.15) is 48.0 Å². The summed E-state index contributed by atoms with van der Waals surface area (Å²) in [6.45, 7) is 0.404. The summed E-state index contributed by atoms with van der Waals surface area (Å²) < 4.78 is 5.61. The molecule has 1 fully saturated rings. The third-order valence-corrected chi connectivity index (χ3v) is 4.66. The third kappa shape index (κ3) is 4.59. The van der Waals surface area contributed by atoms with Gasteiger partial charge in [-0.1, -0.05) is 43.2 Å². The monoisotopic (exact) mass is 354 g/mol. The molecule has 6 heteroatoms. The van der Waals surface area contributed by atoms with Gasteiger partial charge in [0.25, 0.3) is 5.91 Å². The lowest BCUT2D eigenvalue weighted by Gasteiger charge is -2.28. The van der Waals surface area contributed by atoms with Crippen LogP contribution in [0.5, 0.6) is 5.88 Å². The fourth-order valence-corrected chi connectivity index (χ4v) is 3.33. The first-order valence-corrected chi connectivity index (χ1v) is 8.73. The molecule has 1 saturated carbocycles. The summed E-state index contributed by atoms with van der Waals surface area (Å²) in [7, 11) is 0. The number of nitrogens with one attached hydrogen (secondary N) is 1. The van der Waals surface area contributed by atoms with Crippen LogP contribution in [-0.2, 0) is 11.4 Å². The molecule has 1 aromatic heterocycles. The zero-order valence-electron chi connectivity index (χ0n) is 14.5. The third-order valence-electron chi connectivity index (χ3n) is 4.66. The molecule has 1 aliphatic carbocycles. The first-order valence-electron chi connectivity index (χ1n) is 8.73. The second-order valence-electron chi connectivity index (χ2n) is 6.67. The minimum Gasteiger partial charge on any atom is -0.481 e. The van der Waals surface area contributed by atoms with Crippen molar-refractivity contribution < 1.29 is 19.4 Å². The summed E-state index contributed by atoms with van der Waals surface area (Å²) in [6.07, 6.45) is 4.65. The molecule has 26 heavy (non-hydrogen) atoms. The first-order chi connectivity index (χ1) is 12.6. The fraction of sp³-hybridized carbons (Fsp3) is 0.350. The number of hydrogen-bond donors (Lipinski definition) is 2. The van der Waals surface area contributed by atoms with Gasteiger partial charge in [-0.3, -0.25) is 9.59 Å². The lowest BCUT2D eigenvalue weighted by Crippen LogP contribution is -2.47. The lowest BCUT2D eigenvalue weighted by molar-refractivity contribution is -0.138. The molecule has 136 valence electrons. The number of aliphatic carboxylic acids is 1. The molecule has 1 aromatic carbocycles. The van der Waals surface area contributed by atoms with E-state index in [4.69, 9.17) is 9.84 Å². The topological polar surface area (TPSA) is 88.5 Å². The summed E-state index contributed by atoms with van der Waals surface area (Å²) in [5.41, 5.74) is 0.785. The van der Waals surface area contributed by atoms with Crippen molar-refractivity contribution in [1.29, 1.82) is 0 Å². The Hall–Kier alpha value is -2.89. The van der Waals surface area contributed by atoms with Gasteiger partial charge in [-0.15, -0.1) is 0 Å². The number of nitrogens with zero attached hydrogens (tertiary/aromatic N) is 1. The maximum absolute atomic E-state index is 12.5. The van der Waals surface area contributed by atoms with Crippen LogP contribution in [0.25, 0.3) is 0 Å². The highest BCUT2D eigenvalue weighted by molar-refractivity contribution is 5.94.